The molecule has 88 valence electrons. The molecule has 1 aromatic rings. The monoisotopic (exact) mass is 220 g/mol. The van der Waals surface area contributed by atoms with Gasteiger partial charge in [0, 0.05) is 5.56 Å². The third-order valence-corrected chi connectivity index (χ3v) is 2.38. The lowest BCUT2D eigenvalue weighted by Gasteiger charge is -2.16. The molecule has 2 nitrogen and oxygen atoms in total. The number of ketones is 1. The van der Waals surface area contributed by atoms with Crippen molar-refractivity contribution in [2.24, 2.45) is 5.92 Å². The summed E-state index contributed by atoms with van der Waals surface area (Å²) >= 11 is 0. The van der Waals surface area contributed by atoms with Crippen LogP contribution in [-0.2, 0) is 0 Å². The first kappa shape index (κ1) is 12.8. The minimum Gasteiger partial charge on any atom is -0.491 e. The quantitative estimate of drug-likeness (QED) is 0.707. The predicted octanol–water partition coefficient (Wildman–Crippen LogP) is 3.70. The Hall–Kier alpha value is -1.31. The highest BCUT2D eigenvalue weighted by Gasteiger charge is 2.07. The van der Waals surface area contributed by atoms with E-state index >= 15 is 0 Å². The SMILES string of the molecule is CC(=O)c1cccc(OC(C)CC(C)C)c1. The van der Waals surface area contributed by atoms with E-state index in [-0.39, 0.29) is 11.9 Å². The molecule has 16 heavy (non-hydrogen) atoms. The van der Waals surface area contributed by atoms with E-state index in [1.54, 1.807) is 13.0 Å². The molecule has 1 rings (SSSR count). The highest BCUT2D eigenvalue weighted by atomic mass is 16.5. The minimum absolute atomic E-state index is 0.0713. The topological polar surface area (TPSA) is 26.3 Å². The van der Waals surface area contributed by atoms with Crippen LogP contribution in [-0.4, -0.2) is 11.9 Å². The van der Waals surface area contributed by atoms with Crippen LogP contribution < -0.4 is 4.74 Å². The highest BCUT2D eigenvalue weighted by molar-refractivity contribution is 5.94. The molecule has 0 fully saturated rings. The standard InChI is InChI=1S/C14H20O2/c1-10(2)8-11(3)16-14-7-5-6-13(9-14)12(4)15/h5-7,9-11H,8H2,1-4H3. The van der Waals surface area contributed by atoms with Crippen LogP contribution in [0.3, 0.4) is 0 Å². The van der Waals surface area contributed by atoms with Crippen LogP contribution in [0.25, 0.3) is 0 Å². The molecule has 2 heteroatoms. The lowest BCUT2D eigenvalue weighted by molar-refractivity contribution is 0.101. The molecule has 0 aliphatic carbocycles. The Kier molecular flexibility index (Phi) is 4.53. The lowest BCUT2D eigenvalue weighted by Crippen LogP contribution is -2.14. The molecule has 0 spiro atoms. The van der Waals surface area contributed by atoms with Gasteiger partial charge in [-0.3, -0.25) is 4.79 Å². The summed E-state index contributed by atoms with van der Waals surface area (Å²) in [5.74, 6) is 1.47. The maximum Gasteiger partial charge on any atom is 0.159 e. The van der Waals surface area contributed by atoms with Gasteiger partial charge in [0.05, 0.1) is 6.10 Å². The van der Waals surface area contributed by atoms with Gasteiger partial charge in [-0.25, -0.2) is 0 Å². The van der Waals surface area contributed by atoms with E-state index in [1.807, 2.05) is 18.2 Å². The number of benzene rings is 1. The summed E-state index contributed by atoms with van der Waals surface area (Å²) in [6.07, 6.45) is 1.20. The van der Waals surface area contributed by atoms with E-state index in [0.29, 0.717) is 11.5 Å². The lowest BCUT2D eigenvalue weighted by atomic mass is 10.1. The van der Waals surface area contributed by atoms with Gasteiger partial charge >= 0.3 is 0 Å². The van der Waals surface area contributed by atoms with Crippen molar-refractivity contribution in [1.29, 1.82) is 0 Å². The van der Waals surface area contributed by atoms with E-state index in [4.69, 9.17) is 4.74 Å². The first-order chi connectivity index (χ1) is 7.49. The number of hydrogen-bond donors (Lipinski definition) is 0. The Bertz CT molecular complexity index is 356. The first-order valence-electron chi connectivity index (χ1n) is 5.76. The predicted molar refractivity (Wildman–Crippen MR) is 66.0 cm³/mol. The molecule has 0 heterocycles. The van der Waals surface area contributed by atoms with Crippen LogP contribution >= 0.6 is 0 Å². The first-order valence-corrected chi connectivity index (χ1v) is 5.76. The molecule has 0 aliphatic rings. The fraction of sp³-hybridized carbons (Fsp3) is 0.500. The second-order valence-electron chi connectivity index (χ2n) is 4.64. The second kappa shape index (κ2) is 5.69. The van der Waals surface area contributed by atoms with Crippen LogP contribution in [0.2, 0.25) is 0 Å². The van der Waals surface area contributed by atoms with Crippen molar-refractivity contribution in [2.75, 3.05) is 0 Å². The molecule has 1 aromatic carbocycles. The molecule has 0 saturated heterocycles. The molecule has 0 bridgehead atoms. The van der Waals surface area contributed by atoms with Gasteiger partial charge in [0.1, 0.15) is 5.75 Å². The zero-order valence-electron chi connectivity index (χ0n) is 10.5. The third kappa shape index (κ3) is 4.05. The summed E-state index contributed by atoms with van der Waals surface area (Å²) in [6.45, 7) is 7.97. The normalized spacial score (nSPS) is 12.6. The molecule has 0 amide bonds. The smallest absolute Gasteiger partial charge is 0.159 e. The molecular weight excluding hydrogens is 200 g/mol. The molecular formula is C14H20O2. The van der Waals surface area contributed by atoms with E-state index in [1.165, 1.54) is 0 Å². The number of ether oxygens (including phenoxy) is 1. The van der Waals surface area contributed by atoms with Crippen molar-refractivity contribution in [3.05, 3.63) is 29.8 Å². The van der Waals surface area contributed by atoms with E-state index < -0.39 is 0 Å². The Morgan fingerprint density at radius 3 is 2.56 bits per heavy atom. The van der Waals surface area contributed by atoms with Crippen LogP contribution in [0.1, 0.15) is 44.5 Å². The van der Waals surface area contributed by atoms with Gasteiger partial charge in [0.15, 0.2) is 5.78 Å². The molecule has 0 N–H and O–H groups in total. The molecule has 0 radical (unpaired) electrons. The van der Waals surface area contributed by atoms with Crippen molar-refractivity contribution < 1.29 is 9.53 Å². The van der Waals surface area contributed by atoms with Gasteiger partial charge < -0.3 is 4.74 Å². The van der Waals surface area contributed by atoms with Crippen molar-refractivity contribution in [1.82, 2.24) is 0 Å². The van der Waals surface area contributed by atoms with Crippen LogP contribution in [0.5, 0.6) is 5.75 Å². The summed E-state index contributed by atoms with van der Waals surface area (Å²) in [5, 5.41) is 0. The molecule has 1 unspecified atom stereocenters. The van der Waals surface area contributed by atoms with E-state index in [0.717, 1.165) is 12.2 Å². The summed E-state index contributed by atoms with van der Waals surface area (Å²) in [6, 6.07) is 7.36. The third-order valence-electron chi connectivity index (χ3n) is 2.38. The fourth-order valence-electron chi connectivity index (χ4n) is 1.73. The number of hydrogen-bond acceptors (Lipinski definition) is 2. The zero-order chi connectivity index (χ0) is 12.1. The second-order valence-corrected chi connectivity index (χ2v) is 4.64. The number of rotatable bonds is 5. The van der Waals surface area contributed by atoms with Gasteiger partial charge in [-0.05, 0) is 38.3 Å². The maximum atomic E-state index is 11.2. The van der Waals surface area contributed by atoms with Gasteiger partial charge in [-0.15, -0.1) is 0 Å². The average molecular weight is 220 g/mol. The summed E-state index contributed by atoms with van der Waals surface area (Å²) < 4.78 is 5.76. The van der Waals surface area contributed by atoms with Gasteiger partial charge in [-0.2, -0.15) is 0 Å². The highest BCUT2D eigenvalue weighted by Crippen LogP contribution is 2.17. The molecule has 0 aromatic heterocycles. The Labute approximate surface area is 97.6 Å². The van der Waals surface area contributed by atoms with Crippen molar-refractivity contribution in [2.45, 2.75) is 40.2 Å². The molecule has 0 aliphatic heterocycles. The summed E-state index contributed by atoms with van der Waals surface area (Å²) in [5.41, 5.74) is 0.703. The zero-order valence-corrected chi connectivity index (χ0v) is 10.5. The minimum atomic E-state index is 0.0713. The number of carbonyl (C=O) groups excluding carboxylic acids is 1. The largest absolute Gasteiger partial charge is 0.491 e. The van der Waals surface area contributed by atoms with Gasteiger partial charge in [0.25, 0.3) is 0 Å². The fourth-order valence-corrected chi connectivity index (χ4v) is 1.73. The van der Waals surface area contributed by atoms with Crippen LogP contribution in [0.4, 0.5) is 0 Å². The van der Waals surface area contributed by atoms with Crippen LogP contribution in [0.15, 0.2) is 24.3 Å². The maximum absolute atomic E-state index is 11.2. The Morgan fingerprint density at radius 2 is 2.00 bits per heavy atom. The van der Waals surface area contributed by atoms with Gasteiger partial charge in [0.2, 0.25) is 0 Å². The Balaban J connectivity index is 2.66. The van der Waals surface area contributed by atoms with E-state index in [2.05, 4.69) is 20.8 Å². The average Bonchev–Trinajstić information content (AvgIpc) is 2.16. The van der Waals surface area contributed by atoms with Crippen molar-refractivity contribution >= 4 is 5.78 Å². The van der Waals surface area contributed by atoms with Gasteiger partial charge in [-0.1, -0.05) is 26.0 Å². The van der Waals surface area contributed by atoms with Crippen molar-refractivity contribution in [3.8, 4) is 5.75 Å². The molecule has 0 saturated carbocycles. The van der Waals surface area contributed by atoms with E-state index in [9.17, 15) is 4.79 Å². The number of carbonyl (C=O) groups is 1. The molecule has 1 atom stereocenters. The summed E-state index contributed by atoms with van der Waals surface area (Å²) in [7, 11) is 0. The van der Waals surface area contributed by atoms with Crippen molar-refractivity contribution in [3.63, 3.8) is 0 Å². The Morgan fingerprint density at radius 1 is 1.31 bits per heavy atom. The van der Waals surface area contributed by atoms with Crippen LogP contribution in [0, 0.1) is 5.92 Å². The summed E-state index contributed by atoms with van der Waals surface area (Å²) in [4.78, 5) is 11.2. The number of Topliss-reactive ketones (excluding diaryl/α,β-unsaturated/α-hetero) is 1.